The predicted molar refractivity (Wildman–Crippen MR) is 104 cm³/mol. The van der Waals surface area contributed by atoms with Crippen LogP contribution in [0.15, 0.2) is 24.3 Å². The maximum absolute atomic E-state index is 12.2. The van der Waals surface area contributed by atoms with Crippen molar-refractivity contribution < 1.29 is 14.3 Å². The Hall–Kier alpha value is -1.82. The van der Waals surface area contributed by atoms with E-state index in [1.165, 1.54) is 24.5 Å². The highest BCUT2D eigenvalue weighted by molar-refractivity contribution is 7.16. The summed E-state index contributed by atoms with van der Waals surface area (Å²) in [5, 5.41) is 4.20. The van der Waals surface area contributed by atoms with Crippen molar-refractivity contribution in [2.75, 3.05) is 12.4 Å². The molecule has 1 amide bonds. The normalized spacial score (nSPS) is 10.9. The number of rotatable bonds is 5. The molecule has 0 fully saturated rings. The van der Waals surface area contributed by atoms with Crippen LogP contribution in [0, 0.1) is 6.92 Å². The smallest absolute Gasteiger partial charge is 0.341 e. The molecule has 2 aromatic rings. The van der Waals surface area contributed by atoms with Crippen molar-refractivity contribution in [2.24, 2.45) is 0 Å². The van der Waals surface area contributed by atoms with Gasteiger partial charge >= 0.3 is 5.97 Å². The average molecular weight is 398 g/mol. The summed E-state index contributed by atoms with van der Waals surface area (Å²) in [6.07, 6.45) is 3.63. The fourth-order valence-corrected chi connectivity index (χ4v) is 3.97. The van der Waals surface area contributed by atoms with Crippen molar-refractivity contribution in [1.29, 1.82) is 0 Å². The SMILES string of the molecule is CCc1c(C)sc(NC(=O)C=Cc2ccc(Cl)cc2Cl)c1C(=O)OC. The van der Waals surface area contributed by atoms with Gasteiger partial charge in [-0.05, 0) is 42.7 Å². The maximum Gasteiger partial charge on any atom is 0.341 e. The molecule has 1 heterocycles. The maximum atomic E-state index is 12.2. The summed E-state index contributed by atoms with van der Waals surface area (Å²) in [7, 11) is 1.32. The van der Waals surface area contributed by atoms with Crippen LogP contribution >= 0.6 is 34.5 Å². The Morgan fingerprint density at radius 3 is 2.64 bits per heavy atom. The van der Waals surface area contributed by atoms with Gasteiger partial charge in [-0.2, -0.15) is 0 Å². The van der Waals surface area contributed by atoms with Gasteiger partial charge in [0.05, 0.1) is 12.7 Å². The fourth-order valence-electron chi connectivity index (χ4n) is 2.37. The van der Waals surface area contributed by atoms with E-state index in [9.17, 15) is 9.59 Å². The van der Waals surface area contributed by atoms with Crippen LogP contribution < -0.4 is 5.32 Å². The predicted octanol–water partition coefficient (Wildman–Crippen LogP) is 5.36. The first kappa shape index (κ1) is 19.5. The minimum atomic E-state index is -0.457. The molecule has 2 rings (SSSR count). The van der Waals surface area contributed by atoms with E-state index < -0.39 is 5.97 Å². The number of thiophene rings is 1. The fraction of sp³-hybridized carbons (Fsp3) is 0.222. The van der Waals surface area contributed by atoms with Crippen LogP contribution in [-0.4, -0.2) is 19.0 Å². The van der Waals surface area contributed by atoms with Crippen LogP contribution in [0.5, 0.6) is 0 Å². The molecule has 1 aromatic heterocycles. The van der Waals surface area contributed by atoms with E-state index in [0.29, 0.717) is 32.6 Å². The van der Waals surface area contributed by atoms with E-state index in [1.807, 2.05) is 13.8 Å². The van der Waals surface area contributed by atoms with E-state index in [4.69, 9.17) is 27.9 Å². The summed E-state index contributed by atoms with van der Waals surface area (Å²) < 4.78 is 4.84. The Kier molecular flexibility index (Phi) is 6.64. The highest BCUT2D eigenvalue weighted by atomic mass is 35.5. The zero-order chi connectivity index (χ0) is 18.6. The number of hydrogen-bond donors (Lipinski definition) is 1. The summed E-state index contributed by atoms with van der Waals surface area (Å²) >= 11 is 13.3. The first-order chi connectivity index (χ1) is 11.9. The summed E-state index contributed by atoms with van der Waals surface area (Å²) in [4.78, 5) is 25.2. The Morgan fingerprint density at radius 1 is 1.32 bits per heavy atom. The first-order valence-corrected chi connectivity index (χ1v) is 9.09. The van der Waals surface area contributed by atoms with E-state index in [-0.39, 0.29) is 5.91 Å². The molecule has 0 atom stereocenters. The van der Waals surface area contributed by atoms with Gasteiger partial charge < -0.3 is 10.1 Å². The van der Waals surface area contributed by atoms with Crippen molar-refractivity contribution in [1.82, 2.24) is 0 Å². The van der Waals surface area contributed by atoms with Crippen molar-refractivity contribution >= 4 is 57.5 Å². The molecule has 0 unspecified atom stereocenters. The number of nitrogens with one attached hydrogen (secondary N) is 1. The number of benzene rings is 1. The van der Waals surface area contributed by atoms with Gasteiger partial charge in [0.2, 0.25) is 5.91 Å². The number of hydrogen-bond acceptors (Lipinski definition) is 4. The number of esters is 1. The van der Waals surface area contributed by atoms with Gasteiger partial charge in [-0.15, -0.1) is 11.3 Å². The van der Waals surface area contributed by atoms with Crippen LogP contribution in [0.4, 0.5) is 5.00 Å². The van der Waals surface area contributed by atoms with Crippen molar-refractivity contribution in [3.8, 4) is 0 Å². The largest absolute Gasteiger partial charge is 0.465 e. The topological polar surface area (TPSA) is 55.4 Å². The van der Waals surface area contributed by atoms with Crippen LogP contribution in [0.2, 0.25) is 10.0 Å². The molecule has 1 aromatic carbocycles. The molecule has 0 saturated heterocycles. The second-order valence-corrected chi connectivity index (χ2v) is 7.24. The molecular formula is C18H17Cl2NO3S. The summed E-state index contributed by atoms with van der Waals surface area (Å²) in [6.45, 7) is 3.87. The molecular weight excluding hydrogens is 381 g/mol. The number of carbonyl (C=O) groups excluding carboxylic acids is 2. The zero-order valence-electron chi connectivity index (χ0n) is 14.0. The number of anilines is 1. The van der Waals surface area contributed by atoms with Crippen LogP contribution in [-0.2, 0) is 16.0 Å². The van der Waals surface area contributed by atoms with Crippen molar-refractivity contribution in [3.05, 3.63) is 55.9 Å². The summed E-state index contributed by atoms with van der Waals surface area (Å²) in [6, 6.07) is 5.02. The van der Waals surface area contributed by atoms with Crippen LogP contribution in [0.25, 0.3) is 6.08 Å². The number of methoxy groups -OCH3 is 1. The lowest BCUT2D eigenvalue weighted by Crippen LogP contribution is -2.12. The Labute approximate surface area is 160 Å². The number of ether oxygens (including phenoxy) is 1. The standard InChI is InChI=1S/C18H17Cl2NO3S/c1-4-13-10(2)25-17(16(13)18(23)24-3)21-15(22)8-6-11-5-7-12(19)9-14(11)20/h5-9H,4H2,1-3H3,(H,21,22). The van der Waals surface area contributed by atoms with E-state index >= 15 is 0 Å². The van der Waals surface area contributed by atoms with Gasteiger partial charge in [0, 0.05) is 21.0 Å². The first-order valence-electron chi connectivity index (χ1n) is 7.52. The van der Waals surface area contributed by atoms with Gasteiger partial charge in [0.25, 0.3) is 0 Å². The quantitative estimate of drug-likeness (QED) is 0.545. The minimum absolute atomic E-state index is 0.361. The number of amides is 1. The molecule has 0 bridgehead atoms. The van der Waals surface area contributed by atoms with Crippen molar-refractivity contribution in [2.45, 2.75) is 20.3 Å². The molecule has 0 aliphatic heterocycles. The second kappa shape index (κ2) is 8.52. The monoisotopic (exact) mass is 397 g/mol. The lowest BCUT2D eigenvalue weighted by Gasteiger charge is -2.05. The molecule has 4 nitrogen and oxygen atoms in total. The number of aryl methyl sites for hydroxylation is 1. The Bertz CT molecular complexity index is 843. The van der Waals surface area contributed by atoms with E-state index in [1.54, 1.807) is 24.3 Å². The highest BCUT2D eigenvalue weighted by Crippen LogP contribution is 2.34. The van der Waals surface area contributed by atoms with Gasteiger partial charge in [-0.25, -0.2) is 4.79 Å². The minimum Gasteiger partial charge on any atom is -0.465 e. The molecule has 25 heavy (non-hydrogen) atoms. The number of carbonyl (C=O) groups is 2. The molecule has 0 spiro atoms. The molecule has 0 aliphatic carbocycles. The third-order valence-corrected chi connectivity index (χ3v) is 5.19. The van der Waals surface area contributed by atoms with E-state index in [2.05, 4.69) is 5.32 Å². The van der Waals surface area contributed by atoms with Gasteiger partial charge in [0.1, 0.15) is 5.00 Å². The molecule has 1 N–H and O–H groups in total. The molecule has 7 heteroatoms. The molecule has 0 radical (unpaired) electrons. The third kappa shape index (κ3) is 4.63. The average Bonchev–Trinajstić information content (AvgIpc) is 2.88. The molecule has 132 valence electrons. The van der Waals surface area contributed by atoms with Crippen LogP contribution in [0.1, 0.15) is 33.3 Å². The van der Waals surface area contributed by atoms with Gasteiger partial charge in [-0.1, -0.05) is 36.2 Å². The van der Waals surface area contributed by atoms with Gasteiger partial charge in [0.15, 0.2) is 0 Å². The third-order valence-electron chi connectivity index (χ3n) is 3.57. The Balaban J connectivity index is 2.23. The summed E-state index contributed by atoms with van der Waals surface area (Å²) in [5.74, 6) is -0.818. The Morgan fingerprint density at radius 2 is 2.04 bits per heavy atom. The highest BCUT2D eigenvalue weighted by Gasteiger charge is 2.22. The number of halogens is 2. The van der Waals surface area contributed by atoms with Gasteiger partial charge in [-0.3, -0.25) is 4.79 Å². The van der Waals surface area contributed by atoms with E-state index in [0.717, 1.165) is 10.4 Å². The lowest BCUT2D eigenvalue weighted by molar-refractivity contribution is -0.111. The lowest BCUT2D eigenvalue weighted by atomic mass is 10.1. The molecule has 0 aliphatic rings. The van der Waals surface area contributed by atoms with Crippen LogP contribution in [0.3, 0.4) is 0 Å². The molecule has 0 saturated carbocycles. The zero-order valence-corrected chi connectivity index (χ0v) is 16.3. The van der Waals surface area contributed by atoms with Crippen molar-refractivity contribution in [3.63, 3.8) is 0 Å². The second-order valence-electron chi connectivity index (χ2n) is 5.17. The summed E-state index contributed by atoms with van der Waals surface area (Å²) in [5.41, 5.74) is 1.97.